The fraction of sp³-hybridized carbons (Fsp3) is 0.125. The molecule has 0 bridgehead atoms. The van der Waals surface area contributed by atoms with E-state index in [0.29, 0.717) is 12.3 Å². The Kier molecular flexibility index (Phi) is 3.65. The maximum absolute atomic E-state index is 9.96. The first-order chi connectivity index (χ1) is 9.72. The summed E-state index contributed by atoms with van der Waals surface area (Å²) in [6, 6.07) is 17.4. The molecule has 100 valence electrons. The molecular formula is C16H13BrN2O. The quantitative estimate of drug-likeness (QED) is 0.915. The molecule has 0 aliphatic carbocycles. The average molecular weight is 329 g/mol. The van der Waals surface area contributed by atoms with Crippen LogP contribution in [0.5, 0.6) is 0 Å². The van der Waals surface area contributed by atoms with Gasteiger partial charge < -0.3 is 5.11 Å². The molecule has 20 heavy (non-hydrogen) atoms. The third-order valence-electron chi connectivity index (χ3n) is 3.17. The van der Waals surface area contributed by atoms with Crippen LogP contribution < -0.4 is 0 Å². The zero-order valence-electron chi connectivity index (χ0n) is 10.7. The Hall–Kier alpha value is -1.94. The van der Waals surface area contributed by atoms with Crippen molar-refractivity contribution in [3.05, 3.63) is 70.2 Å². The lowest BCUT2D eigenvalue weighted by Crippen LogP contribution is -2.17. The fourth-order valence-electron chi connectivity index (χ4n) is 2.12. The molecule has 0 amide bonds. The predicted molar refractivity (Wildman–Crippen MR) is 84.7 cm³/mol. The average Bonchev–Trinajstić information content (AvgIpc) is 2.84. The zero-order valence-corrected chi connectivity index (χ0v) is 12.3. The molecule has 3 nitrogen and oxygen atoms in total. The normalized spacial score (nSPS) is 17.8. The van der Waals surface area contributed by atoms with Crippen molar-refractivity contribution >= 4 is 27.7 Å². The van der Waals surface area contributed by atoms with Crippen LogP contribution in [-0.2, 0) is 6.42 Å². The molecule has 1 unspecified atom stereocenters. The van der Waals surface area contributed by atoms with Crippen LogP contribution in [0.4, 0.5) is 0 Å². The van der Waals surface area contributed by atoms with Gasteiger partial charge in [0.05, 0.1) is 0 Å². The van der Waals surface area contributed by atoms with Gasteiger partial charge in [0.25, 0.3) is 0 Å². The van der Waals surface area contributed by atoms with E-state index >= 15 is 0 Å². The summed E-state index contributed by atoms with van der Waals surface area (Å²) >= 11 is 3.41. The van der Waals surface area contributed by atoms with Gasteiger partial charge in [-0.25, -0.2) is 0 Å². The molecule has 1 aliphatic heterocycles. The van der Waals surface area contributed by atoms with Gasteiger partial charge in [-0.3, -0.25) is 4.99 Å². The Morgan fingerprint density at radius 3 is 2.40 bits per heavy atom. The first-order valence-corrected chi connectivity index (χ1v) is 7.17. The molecule has 1 heterocycles. The molecule has 4 heteroatoms. The Morgan fingerprint density at radius 1 is 1.00 bits per heavy atom. The molecule has 2 aromatic rings. The van der Waals surface area contributed by atoms with E-state index in [-0.39, 0.29) is 11.9 Å². The van der Waals surface area contributed by atoms with Crippen LogP contribution in [0.1, 0.15) is 11.1 Å². The molecule has 0 spiro atoms. The van der Waals surface area contributed by atoms with E-state index < -0.39 is 0 Å². The van der Waals surface area contributed by atoms with Gasteiger partial charge >= 0.3 is 0 Å². The lowest BCUT2D eigenvalue weighted by Gasteiger charge is -2.06. The van der Waals surface area contributed by atoms with E-state index in [9.17, 15) is 5.11 Å². The fourth-order valence-corrected chi connectivity index (χ4v) is 2.39. The van der Waals surface area contributed by atoms with Crippen molar-refractivity contribution in [1.82, 2.24) is 0 Å². The van der Waals surface area contributed by atoms with Crippen molar-refractivity contribution in [2.45, 2.75) is 12.5 Å². The lowest BCUT2D eigenvalue weighted by atomic mass is 10.1. The molecule has 0 aromatic heterocycles. The van der Waals surface area contributed by atoms with Crippen molar-refractivity contribution in [3.8, 4) is 0 Å². The largest absolute Gasteiger partial charge is 0.495 e. The van der Waals surface area contributed by atoms with Crippen molar-refractivity contribution in [2.24, 2.45) is 9.98 Å². The number of aliphatic imine (C=N–C) groups is 2. The molecule has 1 aliphatic rings. The number of hydrogen-bond acceptors (Lipinski definition) is 2. The van der Waals surface area contributed by atoms with Gasteiger partial charge in [0.2, 0.25) is 5.90 Å². The van der Waals surface area contributed by atoms with E-state index in [2.05, 4.69) is 25.9 Å². The summed E-state index contributed by atoms with van der Waals surface area (Å²) in [5.41, 5.74) is 2.05. The number of aliphatic hydroxyl groups excluding tert-OH is 1. The molecule has 0 radical (unpaired) electrons. The van der Waals surface area contributed by atoms with Gasteiger partial charge in [0.1, 0.15) is 6.04 Å². The number of aliphatic hydroxyl groups is 1. The summed E-state index contributed by atoms with van der Waals surface area (Å²) in [4.78, 5) is 8.68. The number of halogens is 1. The zero-order chi connectivity index (χ0) is 13.9. The van der Waals surface area contributed by atoms with Gasteiger partial charge in [0, 0.05) is 16.5 Å². The van der Waals surface area contributed by atoms with Crippen LogP contribution in [0.2, 0.25) is 0 Å². The topological polar surface area (TPSA) is 45.0 Å². The minimum atomic E-state index is -0.286. The highest BCUT2D eigenvalue weighted by Gasteiger charge is 2.23. The van der Waals surface area contributed by atoms with Gasteiger partial charge in [-0.15, -0.1) is 0 Å². The first kappa shape index (κ1) is 13.1. The Labute approximate surface area is 125 Å². The molecule has 1 N–H and O–H groups in total. The van der Waals surface area contributed by atoms with Crippen LogP contribution in [-0.4, -0.2) is 22.9 Å². The second-order valence-electron chi connectivity index (χ2n) is 4.64. The summed E-state index contributed by atoms with van der Waals surface area (Å²) in [6.45, 7) is 0. The molecular weight excluding hydrogens is 316 g/mol. The SMILES string of the molecule is OC1=NC(c2ccccc2)=NC1Cc1ccc(Br)cc1. The number of amidine groups is 1. The Morgan fingerprint density at radius 2 is 1.70 bits per heavy atom. The lowest BCUT2D eigenvalue weighted by molar-refractivity contribution is 0.519. The molecule has 3 rings (SSSR count). The van der Waals surface area contributed by atoms with Gasteiger partial charge in [-0.05, 0) is 17.7 Å². The Balaban J connectivity index is 1.80. The van der Waals surface area contributed by atoms with Crippen molar-refractivity contribution < 1.29 is 5.11 Å². The second kappa shape index (κ2) is 5.59. The van der Waals surface area contributed by atoms with Gasteiger partial charge in [-0.2, -0.15) is 4.99 Å². The third-order valence-corrected chi connectivity index (χ3v) is 3.70. The van der Waals surface area contributed by atoms with Crippen LogP contribution in [0.15, 0.2) is 69.1 Å². The highest BCUT2D eigenvalue weighted by atomic mass is 79.9. The highest BCUT2D eigenvalue weighted by Crippen LogP contribution is 2.17. The number of benzene rings is 2. The van der Waals surface area contributed by atoms with Crippen LogP contribution in [0.3, 0.4) is 0 Å². The summed E-state index contributed by atoms with van der Waals surface area (Å²) < 4.78 is 1.04. The maximum Gasteiger partial charge on any atom is 0.213 e. The highest BCUT2D eigenvalue weighted by molar-refractivity contribution is 9.10. The predicted octanol–water partition coefficient (Wildman–Crippen LogP) is 3.78. The number of nitrogens with zero attached hydrogens (tertiary/aromatic N) is 2. The van der Waals surface area contributed by atoms with E-state index in [4.69, 9.17) is 0 Å². The molecule has 1 atom stereocenters. The number of rotatable bonds is 3. The first-order valence-electron chi connectivity index (χ1n) is 6.37. The van der Waals surface area contributed by atoms with Crippen molar-refractivity contribution in [1.29, 1.82) is 0 Å². The summed E-state index contributed by atoms with van der Waals surface area (Å²) in [5, 5.41) is 9.96. The molecule has 0 saturated heterocycles. The van der Waals surface area contributed by atoms with E-state index in [1.165, 1.54) is 0 Å². The van der Waals surface area contributed by atoms with Crippen LogP contribution in [0, 0.1) is 0 Å². The van der Waals surface area contributed by atoms with E-state index in [1.54, 1.807) is 0 Å². The third kappa shape index (κ3) is 2.80. The minimum Gasteiger partial charge on any atom is -0.495 e. The second-order valence-corrected chi connectivity index (χ2v) is 5.55. The van der Waals surface area contributed by atoms with Crippen molar-refractivity contribution in [2.75, 3.05) is 0 Å². The van der Waals surface area contributed by atoms with E-state index in [0.717, 1.165) is 15.6 Å². The summed E-state index contributed by atoms with van der Waals surface area (Å²) in [7, 11) is 0. The van der Waals surface area contributed by atoms with Gasteiger partial charge in [-0.1, -0.05) is 58.4 Å². The number of hydrogen-bond donors (Lipinski definition) is 1. The molecule has 0 fully saturated rings. The smallest absolute Gasteiger partial charge is 0.213 e. The Bertz CT molecular complexity index is 663. The standard InChI is InChI=1S/C16H13BrN2O/c17-13-8-6-11(7-9-13)10-14-16(20)19-15(18-14)12-4-2-1-3-5-12/h1-9,14H,10H2,(H,18,19,20). The minimum absolute atomic E-state index is 0.0896. The maximum atomic E-state index is 9.96. The van der Waals surface area contributed by atoms with Crippen LogP contribution >= 0.6 is 15.9 Å². The van der Waals surface area contributed by atoms with Crippen LogP contribution in [0.25, 0.3) is 0 Å². The van der Waals surface area contributed by atoms with Crippen molar-refractivity contribution in [3.63, 3.8) is 0 Å². The summed E-state index contributed by atoms with van der Waals surface area (Å²) in [5.74, 6) is 0.692. The molecule has 0 saturated carbocycles. The van der Waals surface area contributed by atoms with Gasteiger partial charge in [0.15, 0.2) is 5.84 Å². The van der Waals surface area contributed by atoms with E-state index in [1.807, 2.05) is 54.6 Å². The summed E-state index contributed by atoms with van der Waals surface area (Å²) in [6.07, 6.45) is 0.652. The molecule has 2 aromatic carbocycles. The monoisotopic (exact) mass is 328 g/mol.